The Labute approximate surface area is 168 Å². The highest BCUT2D eigenvalue weighted by atomic mass is 19.1. The molecule has 5 N–H and O–H groups in total. The van der Waals surface area contributed by atoms with E-state index in [1.54, 1.807) is 24.3 Å². The zero-order valence-electron chi connectivity index (χ0n) is 15.9. The molecule has 1 saturated heterocycles. The summed E-state index contributed by atoms with van der Waals surface area (Å²) < 4.78 is 26.7. The van der Waals surface area contributed by atoms with Crippen LogP contribution in [0.1, 0.15) is 11.8 Å². The van der Waals surface area contributed by atoms with E-state index in [4.69, 9.17) is 15.2 Å². The van der Waals surface area contributed by atoms with Gasteiger partial charge in [-0.15, -0.1) is 0 Å². The molecule has 0 unspecified atom stereocenters. The number of benzene rings is 1. The van der Waals surface area contributed by atoms with E-state index in [0.29, 0.717) is 11.3 Å². The molecule has 1 aliphatic rings. The molecule has 0 saturated carbocycles. The molecule has 12 heteroatoms. The number of ether oxygens (including phenoxy) is 2. The number of nitrogens with two attached hydrogens (primary N) is 1. The zero-order valence-corrected chi connectivity index (χ0v) is 15.9. The first-order valence-electron chi connectivity index (χ1n) is 9.07. The maximum atomic E-state index is 14.3. The number of rotatable bonds is 5. The van der Waals surface area contributed by atoms with Gasteiger partial charge in [0.25, 0.3) is 5.56 Å². The number of nitrogen functional groups attached to an aromatic ring is 1. The molecule has 0 bridgehead atoms. The molecule has 0 radical (unpaired) electrons. The summed E-state index contributed by atoms with van der Waals surface area (Å²) in [5, 5.41) is 19.5. The highest BCUT2D eigenvalue weighted by Gasteiger charge is 2.46. The van der Waals surface area contributed by atoms with Crippen molar-refractivity contribution < 1.29 is 24.1 Å². The number of aliphatic hydroxyl groups is 2. The lowest BCUT2D eigenvalue weighted by Gasteiger charge is -2.15. The van der Waals surface area contributed by atoms with Gasteiger partial charge in [0.2, 0.25) is 5.95 Å². The minimum atomic E-state index is -1.92. The number of H-pyrrole nitrogens is 1. The van der Waals surface area contributed by atoms with Gasteiger partial charge in [-0.1, -0.05) is 12.1 Å². The molecule has 1 aromatic carbocycles. The third-order valence-corrected chi connectivity index (χ3v) is 5.05. The van der Waals surface area contributed by atoms with E-state index in [1.807, 2.05) is 0 Å². The molecule has 0 amide bonds. The van der Waals surface area contributed by atoms with Crippen LogP contribution in [-0.2, 0) is 11.3 Å². The van der Waals surface area contributed by atoms with Crippen LogP contribution in [0, 0.1) is 0 Å². The number of hydrogen-bond donors (Lipinski definition) is 4. The topological polar surface area (TPSA) is 158 Å². The van der Waals surface area contributed by atoms with Gasteiger partial charge in [-0.2, -0.15) is 4.98 Å². The van der Waals surface area contributed by atoms with Crippen molar-refractivity contribution in [1.82, 2.24) is 19.1 Å². The minimum absolute atomic E-state index is 0.00764. The van der Waals surface area contributed by atoms with Crippen molar-refractivity contribution in [3.8, 4) is 5.75 Å². The van der Waals surface area contributed by atoms with Crippen LogP contribution in [0.3, 0.4) is 0 Å². The number of aliphatic hydroxyl groups excluding tert-OH is 2. The van der Waals surface area contributed by atoms with E-state index in [0.717, 1.165) is 9.13 Å². The highest BCUT2D eigenvalue weighted by Crippen LogP contribution is 2.32. The van der Waals surface area contributed by atoms with Crippen LogP contribution >= 0.6 is 0 Å². The summed E-state index contributed by atoms with van der Waals surface area (Å²) in [5.74, 6) is 0.359. The molecule has 1 fully saturated rings. The number of anilines is 1. The number of halogens is 1. The second-order valence-corrected chi connectivity index (χ2v) is 6.89. The van der Waals surface area contributed by atoms with Crippen molar-refractivity contribution in [2.75, 3.05) is 19.5 Å². The molecule has 160 valence electrons. The van der Waals surface area contributed by atoms with E-state index in [1.165, 1.54) is 7.11 Å². The van der Waals surface area contributed by atoms with E-state index in [2.05, 4.69) is 9.97 Å². The summed E-state index contributed by atoms with van der Waals surface area (Å²) in [6, 6.07) is 6.83. The standard InChI is InChI=1S/C18H20FN5O6/c1-29-9-4-2-8(3-5-9)6-23-12-14(21-17(20)22-15(12)27)24(18(23)28)16-13(26)11(19)10(7-25)30-16/h2-5,10-11,13,16,25-26H,6-7H2,1H3,(H3,20,21,22,27)/t10-,11-,13-,16-/m1/s1. The lowest BCUT2D eigenvalue weighted by Crippen LogP contribution is -2.34. The number of aromatic nitrogens is 4. The average molecular weight is 421 g/mol. The first-order valence-corrected chi connectivity index (χ1v) is 9.07. The molecule has 0 spiro atoms. The molecule has 4 atom stereocenters. The molecule has 2 aromatic heterocycles. The summed E-state index contributed by atoms with van der Waals surface area (Å²) in [6.45, 7) is -0.698. The molecular formula is C18H20FN5O6. The Morgan fingerprint density at radius 1 is 1.33 bits per heavy atom. The lowest BCUT2D eigenvalue weighted by atomic mass is 10.1. The fourth-order valence-electron chi connectivity index (χ4n) is 3.56. The van der Waals surface area contributed by atoms with Crippen molar-refractivity contribution >= 4 is 17.1 Å². The van der Waals surface area contributed by atoms with Crippen LogP contribution in [0.2, 0.25) is 0 Å². The van der Waals surface area contributed by atoms with Gasteiger partial charge in [-0.25, -0.2) is 13.8 Å². The van der Waals surface area contributed by atoms with Crippen LogP contribution in [0.5, 0.6) is 5.75 Å². The van der Waals surface area contributed by atoms with Crippen molar-refractivity contribution in [1.29, 1.82) is 0 Å². The van der Waals surface area contributed by atoms with E-state index >= 15 is 0 Å². The highest BCUT2D eigenvalue weighted by molar-refractivity contribution is 5.72. The molecule has 1 aliphatic heterocycles. The molecule has 30 heavy (non-hydrogen) atoms. The Hall–Kier alpha value is -3.22. The molecule has 11 nitrogen and oxygen atoms in total. The number of imidazole rings is 1. The quantitative estimate of drug-likeness (QED) is 0.413. The summed E-state index contributed by atoms with van der Waals surface area (Å²) in [6.07, 6.45) is -6.48. The monoisotopic (exact) mass is 421 g/mol. The predicted molar refractivity (Wildman–Crippen MR) is 103 cm³/mol. The van der Waals surface area contributed by atoms with Gasteiger partial charge >= 0.3 is 5.69 Å². The lowest BCUT2D eigenvalue weighted by molar-refractivity contribution is -0.0513. The van der Waals surface area contributed by atoms with E-state index in [9.17, 15) is 24.2 Å². The number of aromatic amines is 1. The van der Waals surface area contributed by atoms with Gasteiger partial charge in [0, 0.05) is 0 Å². The molecular weight excluding hydrogens is 401 g/mol. The molecule has 3 aromatic rings. The summed E-state index contributed by atoms with van der Waals surface area (Å²) in [5.41, 5.74) is 4.61. The fraction of sp³-hybridized carbons (Fsp3) is 0.389. The van der Waals surface area contributed by atoms with Gasteiger partial charge in [0.05, 0.1) is 20.3 Å². The average Bonchev–Trinajstić information content (AvgIpc) is 3.16. The van der Waals surface area contributed by atoms with E-state index < -0.39 is 42.5 Å². The maximum Gasteiger partial charge on any atom is 0.333 e. The van der Waals surface area contributed by atoms with Crippen LogP contribution in [0.4, 0.5) is 10.3 Å². The Morgan fingerprint density at radius 3 is 2.63 bits per heavy atom. The third-order valence-electron chi connectivity index (χ3n) is 5.05. The first kappa shape index (κ1) is 20.1. The number of alkyl halides is 1. The van der Waals surface area contributed by atoms with Crippen LogP contribution < -0.4 is 21.7 Å². The predicted octanol–water partition coefficient (Wildman–Crippen LogP) is -0.886. The smallest absolute Gasteiger partial charge is 0.333 e. The van der Waals surface area contributed by atoms with Crippen molar-refractivity contribution in [2.45, 2.75) is 31.2 Å². The summed E-state index contributed by atoms with van der Waals surface area (Å²) in [4.78, 5) is 32.1. The summed E-state index contributed by atoms with van der Waals surface area (Å²) in [7, 11) is 1.52. The van der Waals surface area contributed by atoms with Crippen molar-refractivity contribution in [3.63, 3.8) is 0 Å². The number of fused-ring (bicyclic) bond motifs is 1. The second-order valence-electron chi connectivity index (χ2n) is 6.89. The normalized spacial score (nSPS) is 23.9. The first-order chi connectivity index (χ1) is 14.3. The Balaban J connectivity index is 1.88. The summed E-state index contributed by atoms with van der Waals surface area (Å²) >= 11 is 0. The Kier molecular flexibility index (Phi) is 5.05. The van der Waals surface area contributed by atoms with Crippen molar-refractivity contribution in [2.24, 2.45) is 0 Å². The second kappa shape index (κ2) is 7.55. The van der Waals surface area contributed by atoms with Gasteiger partial charge in [0.15, 0.2) is 23.6 Å². The number of hydrogen-bond acceptors (Lipinski definition) is 8. The fourth-order valence-corrected chi connectivity index (χ4v) is 3.56. The Bertz CT molecular complexity index is 1190. The molecule has 3 heterocycles. The largest absolute Gasteiger partial charge is 0.497 e. The van der Waals surface area contributed by atoms with Gasteiger partial charge in [-0.05, 0) is 17.7 Å². The van der Waals surface area contributed by atoms with Gasteiger partial charge < -0.3 is 25.4 Å². The van der Waals surface area contributed by atoms with Crippen molar-refractivity contribution in [3.05, 3.63) is 50.7 Å². The Morgan fingerprint density at radius 2 is 2.03 bits per heavy atom. The molecule has 0 aliphatic carbocycles. The van der Waals surface area contributed by atoms with Crippen LogP contribution in [-0.4, -0.2) is 61.4 Å². The number of methoxy groups -OCH3 is 1. The van der Waals surface area contributed by atoms with Crippen LogP contribution in [0.15, 0.2) is 33.9 Å². The van der Waals surface area contributed by atoms with Gasteiger partial charge in [-0.3, -0.25) is 14.3 Å². The number of nitrogens with one attached hydrogen (secondary N) is 1. The minimum Gasteiger partial charge on any atom is -0.497 e. The third kappa shape index (κ3) is 3.14. The van der Waals surface area contributed by atoms with Crippen LogP contribution in [0.25, 0.3) is 11.2 Å². The SMILES string of the molecule is COc1ccc(Cn2c(=O)n([C@@H]3O[C@H](CO)[C@@H](F)[C@H]3O)c3nc(N)[nH]c(=O)c32)cc1. The number of nitrogens with zero attached hydrogens (tertiary/aromatic N) is 3. The van der Waals surface area contributed by atoms with Gasteiger partial charge in [0.1, 0.15) is 18.0 Å². The van der Waals surface area contributed by atoms with E-state index in [-0.39, 0.29) is 23.7 Å². The zero-order chi connectivity index (χ0) is 21.6. The maximum absolute atomic E-state index is 14.3. The molecule has 4 rings (SSSR count).